The molecule has 0 fully saturated rings. The zero-order chi connectivity index (χ0) is 18.1. The van der Waals surface area contributed by atoms with Crippen molar-refractivity contribution in [3.63, 3.8) is 0 Å². The van der Waals surface area contributed by atoms with Crippen LogP contribution in [-0.2, 0) is 4.74 Å². The van der Waals surface area contributed by atoms with Crippen molar-refractivity contribution in [1.29, 1.82) is 0 Å². The van der Waals surface area contributed by atoms with E-state index in [0.717, 1.165) is 25.8 Å². The fraction of sp³-hybridized carbons (Fsp3) is 0.250. The summed E-state index contributed by atoms with van der Waals surface area (Å²) in [4.78, 5) is 0. The quantitative estimate of drug-likeness (QED) is 0.400. The molecule has 0 N–H and O–H groups in total. The fourth-order valence-corrected chi connectivity index (χ4v) is 8.28. The number of ether oxygens (including phenoxy) is 1. The van der Waals surface area contributed by atoms with Gasteiger partial charge in [-0.3, -0.25) is 0 Å². The molecule has 0 saturated carbocycles. The number of hydrogen-bond donors (Lipinski definition) is 0. The summed E-state index contributed by atoms with van der Waals surface area (Å²) in [5.74, 6) is 0. The molecular formula is C24H29OP. The molecule has 0 amide bonds. The Bertz CT molecular complexity index is 659. The van der Waals surface area contributed by atoms with Crippen molar-refractivity contribution in [1.82, 2.24) is 0 Å². The van der Waals surface area contributed by atoms with Gasteiger partial charge in [-0.2, -0.15) is 0 Å². The van der Waals surface area contributed by atoms with Gasteiger partial charge < -0.3 is 0 Å². The minimum absolute atomic E-state index is 0.810. The number of unbranched alkanes of at least 4 members (excludes halogenated alkanes) is 1. The van der Waals surface area contributed by atoms with Crippen molar-refractivity contribution in [3.8, 4) is 0 Å². The Kier molecular flexibility index (Phi) is 7.00. The molecule has 3 aromatic rings. The maximum absolute atomic E-state index is 6.03. The van der Waals surface area contributed by atoms with Gasteiger partial charge in [-0.25, -0.2) is 0 Å². The average Bonchev–Trinajstić information content (AvgIpc) is 2.73. The Morgan fingerprint density at radius 3 is 1.42 bits per heavy atom. The molecule has 0 spiro atoms. The molecule has 3 rings (SSSR count). The molecule has 0 heterocycles. The summed E-state index contributed by atoms with van der Waals surface area (Å²) in [7, 11) is -2.11. The first-order valence-corrected chi connectivity index (χ1v) is 11.8. The van der Waals surface area contributed by atoms with Crippen LogP contribution in [0.4, 0.5) is 0 Å². The maximum atomic E-state index is 6.03. The van der Waals surface area contributed by atoms with Gasteiger partial charge in [0.05, 0.1) is 0 Å². The van der Waals surface area contributed by atoms with Gasteiger partial charge in [-0.1, -0.05) is 0 Å². The van der Waals surface area contributed by atoms with Gasteiger partial charge in [0.15, 0.2) is 0 Å². The van der Waals surface area contributed by atoms with Crippen LogP contribution >= 0.6 is 7.26 Å². The third-order valence-corrected chi connectivity index (χ3v) is 9.97. The third kappa shape index (κ3) is 4.23. The second-order valence-electron chi connectivity index (χ2n) is 6.72. The van der Waals surface area contributed by atoms with Crippen molar-refractivity contribution in [2.24, 2.45) is 0 Å². The van der Waals surface area contributed by atoms with E-state index < -0.39 is 7.26 Å². The summed E-state index contributed by atoms with van der Waals surface area (Å²) in [6.45, 7) is 3.88. The van der Waals surface area contributed by atoms with E-state index in [4.69, 9.17) is 4.74 Å². The molecule has 136 valence electrons. The Morgan fingerprint density at radius 1 is 0.615 bits per heavy atom. The third-order valence-electron chi connectivity index (χ3n) is 5.06. The summed E-state index contributed by atoms with van der Waals surface area (Å²) >= 11 is 0. The van der Waals surface area contributed by atoms with E-state index in [0.29, 0.717) is 0 Å². The van der Waals surface area contributed by atoms with Crippen LogP contribution < -0.4 is 15.9 Å². The molecule has 0 aliphatic heterocycles. The number of benzene rings is 3. The fourth-order valence-electron chi connectivity index (χ4n) is 3.67. The van der Waals surface area contributed by atoms with Gasteiger partial charge in [-0.05, 0) is 0 Å². The number of rotatable bonds is 9. The van der Waals surface area contributed by atoms with Crippen LogP contribution in [0, 0.1) is 0 Å². The van der Waals surface area contributed by atoms with Gasteiger partial charge >= 0.3 is 158 Å². The molecule has 0 aliphatic rings. The van der Waals surface area contributed by atoms with Crippen LogP contribution in [0.1, 0.15) is 19.8 Å². The normalized spacial score (nSPS) is 12.0. The molecule has 0 radical (unpaired) electrons. The van der Waals surface area contributed by atoms with Gasteiger partial charge in [0, 0.05) is 0 Å². The molecule has 0 aromatic heterocycles. The Hall–Kier alpha value is -1.95. The molecule has 0 unspecified atom stereocenters. The summed E-state index contributed by atoms with van der Waals surface area (Å²) < 4.78 is 6.03. The van der Waals surface area contributed by atoms with Crippen molar-refractivity contribution in [2.45, 2.75) is 19.8 Å². The molecule has 1 nitrogen and oxygen atoms in total. The molecule has 0 aliphatic carbocycles. The van der Waals surface area contributed by atoms with Crippen LogP contribution in [0.2, 0.25) is 0 Å². The summed E-state index contributed by atoms with van der Waals surface area (Å²) in [6.07, 6.45) is 3.38. The molecule has 3 aromatic carbocycles. The Labute approximate surface area is 158 Å². The van der Waals surface area contributed by atoms with Crippen LogP contribution in [-0.4, -0.2) is 19.4 Å². The first kappa shape index (κ1) is 18.8. The SMILES string of the molecule is CCCCOCC[PH](c1ccccc1)(c1ccccc1)c1ccccc1. The first-order valence-electron chi connectivity index (χ1n) is 9.62. The predicted molar refractivity (Wildman–Crippen MR) is 117 cm³/mol. The number of hydrogen-bond acceptors (Lipinski definition) is 1. The molecule has 26 heavy (non-hydrogen) atoms. The predicted octanol–water partition coefficient (Wildman–Crippen LogP) is 4.53. The summed E-state index contributed by atoms with van der Waals surface area (Å²) in [6, 6.07) is 33.2. The molecule has 2 heteroatoms. The first-order chi connectivity index (χ1) is 12.9. The van der Waals surface area contributed by atoms with E-state index in [1.165, 1.54) is 22.3 Å². The van der Waals surface area contributed by atoms with Gasteiger partial charge in [-0.15, -0.1) is 0 Å². The summed E-state index contributed by atoms with van der Waals surface area (Å²) in [5, 5.41) is 4.37. The van der Waals surface area contributed by atoms with Gasteiger partial charge in [0.1, 0.15) is 0 Å². The second-order valence-corrected chi connectivity index (χ2v) is 10.8. The zero-order valence-electron chi connectivity index (χ0n) is 15.6. The average molecular weight is 364 g/mol. The summed E-state index contributed by atoms with van der Waals surface area (Å²) in [5.41, 5.74) is 0. The topological polar surface area (TPSA) is 9.23 Å². The van der Waals surface area contributed by atoms with Gasteiger partial charge in [0.2, 0.25) is 0 Å². The van der Waals surface area contributed by atoms with Crippen LogP contribution in [0.3, 0.4) is 0 Å². The van der Waals surface area contributed by atoms with Crippen molar-refractivity contribution in [3.05, 3.63) is 91.0 Å². The van der Waals surface area contributed by atoms with E-state index in [1.54, 1.807) is 0 Å². The van der Waals surface area contributed by atoms with E-state index in [9.17, 15) is 0 Å². The molecule has 0 atom stereocenters. The monoisotopic (exact) mass is 364 g/mol. The molecule has 0 saturated heterocycles. The Balaban J connectivity index is 2.06. The van der Waals surface area contributed by atoms with E-state index in [1.807, 2.05) is 0 Å². The molecule has 0 bridgehead atoms. The minimum atomic E-state index is -2.11. The Morgan fingerprint density at radius 2 is 1.04 bits per heavy atom. The van der Waals surface area contributed by atoms with E-state index >= 15 is 0 Å². The van der Waals surface area contributed by atoms with Crippen molar-refractivity contribution < 1.29 is 4.74 Å². The van der Waals surface area contributed by atoms with E-state index in [-0.39, 0.29) is 0 Å². The van der Waals surface area contributed by atoms with Crippen LogP contribution in [0.25, 0.3) is 0 Å². The van der Waals surface area contributed by atoms with E-state index in [2.05, 4.69) is 97.9 Å². The zero-order valence-corrected chi connectivity index (χ0v) is 16.6. The second kappa shape index (κ2) is 9.67. The van der Waals surface area contributed by atoms with Gasteiger partial charge in [0.25, 0.3) is 0 Å². The van der Waals surface area contributed by atoms with Crippen LogP contribution in [0.5, 0.6) is 0 Å². The standard InChI is InChI=1S/C24H29OP/c1-2-3-19-25-20-21-26(22-13-7-4-8-14-22,23-15-9-5-10-16-23)24-17-11-6-12-18-24/h4-18,26H,2-3,19-21H2,1H3. The molecular weight excluding hydrogens is 335 g/mol. The van der Waals surface area contributed by atoms with Crippen molar-refractivity contribution >= 4 is 23.2 Å². The van der Waals surface area contributed by atoms with Crippen LogP contribution in [0.15, 0.2) is 91.0 Å². The van der Waals surface area contributed by atoms with Crippen molar-refractivity contribution in [2.75, 3.05) is 19.4 Å².